The lowest BCUT2D eigenvalue weighted by molar-refractivity contribution is -0.144. The van der Waals surface area contributed by atoms with Gasteiger partial charge >= 0.3 is 11.7 Å². The highest BCUT2D eigenvalue weighted by Crippen LogP contribution is 2.05. The Morgan fingerprint density at radius 1 is 1.38 bits per heavy atom. The molecular weight excluding hydrogens is 276 g/mol. The summed E-state index contributed by atoms with van der Waals surface area (Å²) in [6.07, 6.45) is 6.71. The number of rotatable bonds is 4. The maximum absolute atomic E-state index is 12.1. The summed E-state index contributed by atoms with van der Waals surface area (Å²) < 4.78 is 8.49. The van der Waals surface area contributed by atoms with Crippen LogP contribution >= 0.6 is 0 Å². The van der Waals surface area contributed by atoms with Crippen molar-refractivity contribution in [2.75, 3.05) is 6.61 Å². The zero-order valence-corrected chi connectivity index (χ0v) is 11.7. The van der Waals surface area contributed by atoms with Crippen molar-refractivity contribution in [3.05, 3.63) is 27.2 Å². The van der Waals surface area contributed by atoms with Crippen LogP contribution in [0.2, 0.25) is 0 Å². The number of carbonyl (C=O) groups is 1. The Labute approximate surface area is 119 Å². The molecule has 8 nitrogen and oxygen atoms in total. The maximum Gasteiger partial charge on any atom is 0.332 e. The van der Waals surface area contributed by atoms with Gasteiger partial charge in [-0.2, -0.15) is 0 Å². The third kappa shape index (κ3) is 2.58. The molecule has 0 saturated carbocycles. The zero-order chi connectivity index (χ0) is 15.6. The van der Waals surface area contributed by atoms with Crippen LogP contribution in [-0.2, 0) is 30.2 Å². The molecule has 0 atom stereocenters. The van der Waals surface area contributed by atoms with Crippen molar-refractivity contribution in [1.82, 2.24) is 18.7 Å². The lowest BCUT2D eigenvalue weighted by Crippen LogP contribution is -2.37. The third-order valence-electron chi connectivity index (χ3n) is 3.03. The highest BCUT2D eigenvalue weighted by Gasteiger charge is 2.16. The minimum absolute atomic E-state index is 0.123. The van der Waals surface area contributed by atoms with Gasteiger partial charge in [-0.15, -0.1) is 12.3 Å². The summed E-state index contributed by atoms with van der Waals surface area (Å²) in [6.45, 7) is -0.0486. The first-order valence-electron chi connectivity index (χ1n) is 6.17. The van der Waals surface area contributed by atoms with Gasteiger partial charge in [-0.3, -0.25) is 18.7 Å². The van der Waals surface area contributed by atoms with Crippen molar-refractivity contribution < 1.29 is 9.53 Å². The third-order valence-corrected chi connectivity index (χ3v) is 3.03. The lowest BCUT2D eigenvalue weighted by atomic mass is 10.4. The predicted molar refractivity (Wildman–Crippen MR) is 74.6 cm³/mol. The summed E-state index contributed by atoms with van der Waals surface area (Å²) in [6, 6.07) is 0. The van der Waals surface area contributed by atoms with E-state index < -0.39 is 17.2 Å². The normalized spacial score (nSPS) is 10.5. The van der Waals surface area contributed by atoms with Gasteiger partial charge in [-0.05, 0) is 0 Å². The number of hydrogen-bond donors (Lipinski definition) is 0. The number of nitrogens with zero attached hydrogens (tertiary/aromatic N) is 4. The van der Waals surface area contributed by atoms with E-state index in [0.29, 0.717) is 6.42 Å². The van der Waals surface area contributed by atoms with Crippen LogP contribution in [0.25, 0.3) is 11.2 Å². The van der Waals surface area contributed by atoms with Crippen LogP contribution in [0.4, 0.5) is 0 Å². The van der Waals surface area contributed by atoms with Crippen LogP contribution in [0, 0.1) is 12.3 Å². The van der Waals surface area contributed by atoms with Gasteiger partial charge in [0, 0.05) is 20.5 Å². The molecule has 2 heterocycles. The number of terminal acetylenes is 1. The summed E-state index contributed by atoms with van der Waals surface area (Å²) in [5, 5.41) is 0. The largest absolute Gasteiger partial charge is 0.463 e. The molecule has 0 bridgehead atoms. The molecule has 8 heteroatoms. The molecule has 0 aliphatic heterocycles. The van der Waals surface area contributed by atoms with Crippen LogP contribution in [0.5, 0.6) is 0 Å². The van der Waals surface area contributed by atoms with Gasteiger partial charge < -0.3 is 9.30 Å². The molecule has 0 aromatic carbocycles. The molecule has 0 N–H and O–H groups in total. The molecule has 0 saturated heterocycles. The fourth-order valence-corrected chi connectivity index (χ4v) is 1.93. The van der Waals surface area contributed by atoms with E-state index in [1.165, 1.54) is 29.6 Å². The van der Waals surface area contributed by atoms with Crippen LogP contribution in [0.15, 0.2) is 15.9 Å². The molecule has 0 fully saturated rings. The molecule has 0 aliphatic rings. The van der Waals surface area contributed by atoms with E-state index in [1.54, 1.807) is 0 Å². The number of aryl methyl sites for hydroxylation is 1. The number of esters is 1. The Balaban J connectivity index is 2.39. The fourth-order valence-electron chi connectivity index (χ4n) is 1.93. The van der Waals surface area contributed by atoms with Gasteiger partial charge in [0.05, 0.1) is 6.33 Å². The number of fused-ring (bicyclic) bond motifs is 1. The first-order valence-corrected chi connectivity index (χ1v) is 6.17. The van der Waals surface area contributed by atoms with E-state index in [4.69, 9.17) is 11.2 Å². The van der Waals surface area contributed by atoms with E-state index >= 15 is 0 Å². The van der Waals surface area contributed by atoms with Crippen molar-refractivity contribution in [2.24, 2.45) is 14.1 Å². The Kier molecular flexibility index (Phi) is 3.93. The molecule has 110 valence electrons. The molecule has 2 rings (SSSR count). The van der Waals surface area contributed by atoms with E-state index in [0.717, 1.165) is 4.57 Å². The standard InChI is InChI=1S/C13H14N4O4/c1-4-5-6-21-9(18)7-17-8-14-11-10(17)12(19)16(3)13(20)15(11)2/h1,8H,5-7H2,2-3H3. The second-order valence-electron chi connectivity index (χ2n) is 4.43. The molecule has 0 unspecified atom stereocenters. The maximum atomic E-state index is 12.1. The fraction of sp³-hybridized carbons (Fsp3) is 0.385. The Hall–Kier alpha value is -2.82. The highest BCUT2D eigenvalue weighted by atomic mass is 16.5. The van der Waals surface area contributed by atoms with E-state index in [2.05, 4.69) is 10.9 Å². The smallest absolute Gasteiger partial charge is 0.332 e. The Bertz CT molecular complexity index is 850. The second kappa shape index (κ2) is 5.66. The summed E-state index contributed by atoms with van der Waals surface area (Å²) in [7, 11) is 2.87. The van der Waals surface area contributed by atoms with E-state index in [-0.39, 0.29) is 24.3 Å². The van der Waals surface area contributed by atoms with Gasteiger partial charge in [0.2, 0.25) is 0 Å². The van der Waals surface area contributed by atoms with Crippen molar-refractivity contribution in [3.63, 3.8) is 0 Å². The van der Waals surface area contributed by atoms with Crippen molar-refractivity contribution in [3.8, 4) is 12.3 Å². The molecule has 0 amide bonds. The number of ether oxygens (including phenoxy) is 1. The minimum Gasteiger partial charge on any atom is -0.463 e. The minimum atomic E-state index is -0.527. The van der Waals surface area contributed by atoms with Crippen LogP contribution < -0.4 is 11.2 Å². The van der Waals surface area contributed by atoms with Gasteiger partial charge in [0.1, 0.15) is 13.2 Å². The van der Waals surface area contributed by atoms with E-state index in [1.807, 2.05) is 0 Å². The number of imidazole rings is 1. The summed E-state index contributed by atoms with van der Waals surface area (Å²) in [4.78, 5) is 39.6. The Morgan fingerprint density at radius 3 is 2.76 bits per heavy atom. The lowest BCUT2D eigenvalue weighted by Gasteiger charge is -2.06. The molecule has 0 spiro atoms. The summed E-state index contributed by atoms with van der Waals surface area (Å²) in [5.41, 5.74) is -0.593. The quantitative estimate of drug-likeness (QED) is 0.409. The van der Waals surface area contributed by atoms with Crippen molar-refractivity contribution >= 4 is 17.1 Å². The second-order valence-corrected chi connectivity index (χ2v) is 4.43. The number of hydrogen-bond acceptors (Lipinski definition) is 5. The number of carbonyl (C=O) groups excluding carboxylic acids is 1. The van der Waals surface area contributed by atoms with Gasteiger partial charge in [0.15, 0.2) is 11.2 Å². The molecular formula is C13H14N4O4. The van der Waals surface area contributed by atoms with Crippen molar-refractivity contribution in [2.45, 2.75) is 13.0 Å². The molecule has 21 heavy (non-hydrogen) atoms. The summed E-state index contributed by atoms with van der Waals surface area (Å²) in [5.74, 6) is 1.83. The van der Waals surface area contributed by atoms with Gasteiger partial charge in [0.25, 0.3) is 5.56 Å². The molecule has 2 aromatic heterocycles. The average molecular weight is 290 g/mol. The topological polar surface area (TPSA) is 88.1 Å². The monoisotopic (exact) mass is 290 g/mol. The number of aromatic nitrogens is 4. The zero-order valence-electron chi connectivity index (χ0n) is 11.7. The molecule has 0 radical (unpaired) electrons. The SMILES string of the molecule is C#CCCOC(=O)Cn1cnc2c1c(=O)n(C)c(=O)n2C. The highest BCUT2D eigenvalue weighted by molar-refractivity contribution is 5.75. The van der Waals surface area contributed by atoms with Crippen molar-refractivity contribution in [1.29, 1.82) is 0 Å². The molecule has 0 aliphatic carbocycles. The average Bonchev–Trinajstić information content (AvgIpc) is 2.87. The van der Waals surface area contributed by atoms with Crippen LogP contribution in [0.1, 0.15) is 6.42 Å². The van der Waals surface area contributed by atoms with Gasteiger partial charge in [-0.1, -0.05) is 0 Å². The Morgan fingerprint density at radius 2 is 2.10 bits per heavy atom. The van der Waals surface area contributed by atoms with E-state index in [9.17, 15) is 14.4 Å². The summed E-state index contributed by atoms with van der Waals surface area (Å²) >= 11 is 0. The first kappa shape index (κ1) is 14.6. The predicted octanol–water partition coefficient (Wildman–Crippen LogP) is -1.000. The first-order chi connectivity index (χ1) is 9.97. The van der Waals surface area contributed by atoms with Crippen LogP contribution in [0.3, 0.4) is 0 Å². The van der Waals surface area contributed by atoms with Gasteiger partial charge in [-0.25, -0.2) is 9.78 Å². The van der Waals surface area contributed by atoms with Crippen LogP contribution in [-0.4, -0.2) is 31.3 Å². The molecule has 2 aromatic rings.